The highest BCUT2D eigenvalue weighted by molar-refractivity contribution is 5.86. The van der Waals surface area contributed by atoms with Gasteiger partial charge in [0.25, 0.3) is 0 Å². The third-order valence-corrected chi connectivity index (χ3v) is 3.78. The predicted octanol–water partition coefficient (Wildman–Crippen LogP) is 2.33. The molecule has 1 aliphatic rings. The zero-order valence-corrected chi connectivity index (χ0v) is 9.84. The maximum atomic E-state index is 11.9. The summed E-state index contributed by atoms with van der Waals surface area (Å²) in [6.45, 7) is 3.96. The summed E-state index contributed by atoms with van der Waals surface area (Å²) in [6.07, 6.45) is 4.01. The zero-order chi connectivity index (χ0) is 11.5. The summed E-state index contributed by atoms with van der Waals surface area (Å²) in [5, 5.41) is 0. The van der Waals surface area contributed by atoms with Crippen molar-refractivity contribution in [2.75, 3.05) is 7.11 Å². The molecule has 0 aromatic carbocycles. The van der Waals surface area contributed by atoms with E-state index in [1.807, 2.05) is 13.8 Å². The number of rotatable bonds is 3. The summed E-state index contributed by atoms with van der Waals surface area (Å²) < 4.78 is 4.64. The first-order chi connectivity index (χ1) is 7.00. The first-order valence-corrected chi connectivity index (χ1v) is 5.61. The topological polar surface area (TPSA) is 43.4 Å². The average Bonchev–Trinajstić information content (AvgIpc) is 2.22. The minimum Gasteiger partial charge on any atom is -0.469 e. The summed E-state index contributed by atoms with van der Waals surface area (Å²) in [6, 6.07) is 0. The minimum absolute atomic E-state index is 0.0812. The van der Waals surface area contributed by atoms with Gasteiger partial charge >= 0.3 is 5.97 Å². The summed E-state index contributed by atoms with van der Waals surface area (Å²) in [5.74, 6) is 0.171. The highest BCUT2D eigenvalue weighted by Gasteiger charge is 2.40. The van der Waals surface area contributed by atoms with Gasteiger partial charge in [0.2, 0.25) is 0 Å². The monoisotopic (exact) mass is 212 g/mol. The van der Waals surface area contributed by atoms with Crippen molar-refractivity contribution < 1.29 is 14.3 Å². The third kappa shape index (κ3) is 2.58. The quantitative estimate of drug-likeness (QED) is 0.674. The van der Waals surface area contributed by atoms with Crippen LogP contribution in [-0.2, 0) is 14.3 Å². The van der Waals surface area contributed by atoms with Crippen molar-refractivity contribution in [2.24, 2.45) is 11.3 Å². The molecule has 1 fully saturated rings. The van der Waals surface area contributed by atoms with Crippen molar-refractivity contribution in [3.8, 4) is 0 Å². The molecule has 1 aliphatic carbocycles. The molecule has 0 aliphatic heterocycles. The van der Waals surface area contributed by atoms with E-state index in [0.29, 0.717) is 18.6 Å². The number of ketones is 1. The van der Waals surface area contributed by atoms with E-state index in [9.17, 15) is 9.59 Å². The molecular weight excluding hydrogens is 192 g/mol. The van der Waals surface area contributed by atoms with E-state index < -0.39 is 0 Å². The predicted molar refractivity (Wildman–Crippen MR) is 57.4 cm³/mol. The second-order valence-corrected chi connectivity index (χ2v) is 4.73. The molecule has 1 rings (SSSR count). The lowest BCUT2D eigenvalue weighted by atomic mass is 9.66. The van der Waals surface area contributed by atoms with Gasteiger partial charge in [-0.05, 0) is 18.8 Å². The molecular formula is C12H20O3. The molecule has 0 amide bonds. The van der Waals surface area contributed by atoms with Crippen LogP contribution >= 0.6 is 0 Å². The lowest BCUT2D eigenvalue weighted by Gasteiger charge is -2.37. The Morgan fingerprint density at radius 1 is 1.53 bits per heavy atom. The average molecular weight is 212 g/mol. The van der Waals surface area contributed by atoms with Crippen molar-refractivity contribution in [2.45, 2.75) is 46.0 Å². The number of carbonyl (C=O) groups excluding carboxylic acids is 2. The minimum atomic E-state index is -0.313. The molecule has 0 saturated heterocycles. The number of Topliss-reactive ketones (excluding diaryl/α,β-unsaturated/α-hetero) is 1. The number of hydrogen-bond acceptors (Lipinski definition) is 3. The fraction of sp³-hybridized carbons (Fsp3) is 0.833. The molecule has 3 heteroatoms. The normalized spacial score (nSPS) is 28.6. The van der Waals surface area contributed by atoms with Gasteiger partial charge in [-0.15, -0.1) is 0 Å². The van der Waals surface area contributed by atoms with Gasteiger partial charge < -0.3 is 4.74 Å². The van der Waals surface area contributed by atoms with E-state index in [1.54, 1.807) is 0 Å². The van der Waals surface area contributed by atoms with Crippen LogP contribution in [0.4, 0.5) is 0 Å². The summed E-state index contributed by atoms with van der Waals surface area (Å²) in [5.41, 5.74) is -0.313. The molecule has 0 radical (unpaired) electrons. The van der Waals surface area contributed by atoms with Crippen LogP contribution in [-0.4, -0.2) is 18.9 Å². The van der Waals surface area contributed by atoms with Crippen molar-refractivity contribution in [1.82, 2.24) is 0 Å². The first kappa shape index (κ1) is 12.2. The molecule has 3 nitrogen and oxygen atoms in total. The van der Waals surface area contributed by atoms with Crippen LogP contribution in [0.5, 0.6) is 0 Å². The van der Waals surface area contributed by atoms with Crippen LogP contribution in [0.2, 0.25) is 0 Å². The Balaban J connectivity index is 2.66. The van der Waals surface area contributed by atoms with Gasteiger partial charge in [0.05, 0.1) is 7.11 Å². The van der Waals surface area contributed by atoms with Crippen LogP contribution in [0.3, 0.4) is 0 Å². The largest absolute Gasteiger partial charge is 0.469 e. The van der Waals surface area contributed by atoms with Crippen LogP contribution < -0.4 is 0 Å². The van der Waals surface area contributed by atoms with Crippen LogP contribution in [0, 0.1) is 11.3 Å². The molecule has 0 aromatic rings. The second kappa shape index (κ2) is 4.77. The van der Waals surface area contributed by atoms with E-state index in [1.165, 1.54) is 7.11 Å². The van der Waals surface area contributed by atoms with Gasteiger partial charge in [0, 0.05) is 18.3 Å². The summed E-state index contributed by atoms with van der Waals surface area (Å²) >= 11 is 0. The van der Waals surface area contributed by atoms with Crippen molar-refractivity contribution in [3.05, 3.63) is 0 Å². The SMILES string of the molecule is COC(=O)C[C@H](C)[C@]1(C)CCCCC1=O. The van der Waals surface area contributed by atoms with Crippen LogP contribution in [0.25, 0.3) is 0 Å². The van der Waals surface area contributed by atoms with E-state index in [-0.39, 0.29) is 17.3 Å². The van der Waals surface area contributed by atoms with Crippen molar-refractivity contribution >= 4 is 11.8 Å². The number of esters is 1. The highest BCUT2D eigenvalue weighted by atomic mass is 16.5. The molecule has 0 heterocycles. The first-order valence-electron chi connectivity index (χ1n) is 5.61. The van der Waals surface area contributed by atoms with Gasteiger partial charge in [0.15, 0.2) is 0 Å². The lowest BCUT2D eigenvalue weighted by Crippen LogP contribution is -2.38. The van der Waals surface area contributed by atoms with E-state index in [2.05, 4.69) is 4.74 Å². The summed E-state index contributed by atoms with van der Waals surface area (Å²) in [4.78, 5) is 23.1. The Morgan fingerprint density at radius 2 is 2.20 bits per heavy atom. The lowest BCUT2D eigenvalue weighted by molar-refractivity contribution is -0.144. The van der Waals surface area contributed by atoms with E-state index in [0.717, 1.165) is 19.3 Å². The Bertz CT molecular complexity index is 260. The third-order valence-electron chi connectivity index (χ3n) is 3.78. The highest BCUT2D eigenvalue weighted by Crippen LogP contribution is 2.40. The molecule has 1 saturated carbocycles. The standard InChI is InChI=1S/C12H20O3/c1-9(8-11(14)15-3)12(2)7-5-4-6-10(12)13/h9H,4-8H2,1-3H3/t9-,12-/m0/s1. The molecule has 0 N–H and O–H groups in total. The van der Waals surface area contributed by atoms with Gasteiger partial charge in [-0.3, -0.25) is 9.59 Å². The maximum Gasteiger partial charge on any atom is 0.305 e. The van der Waals surface area contributed by atoms with Crippen LogP contribution in [0.1, 0.15) is 46.0 Å². The van der Waals surface area contributed by atoms with Gasteiger partial charge in [-0.2, -0.15) is 0 Å². The maximum absolute atomic E-state index is 11.9. The second-order valence-electron chi connectivity index (χ2n) is 4.73. The molecule has 0 aromatic heterocycles. The molecule has 2 atom stereocenters. The van der Waals surface area contributed by atoms with Crippen LogP contribution in [0.15, 0.2) is 0 Å². The van der Waals surface area contributed by atoms with Gasteiger partial charge in [0.1, 0.15) is 5.78 Å². The Labute approximate surface area is 91.2 Å². The number of hydrogen-bond donors (Lipinski definition) is 0. The number of carbonyl (C=O) groups is 2. The smallest absolute Gasteiger partial charge is 0.305 e. The number of ether oxygens (including phenoxy) is 1. The fourth-order valence-electron chi connectivity index (χ4n) is 2.28. The molecule has 0 bridgehead atoms. The van der Waals surface area contributed by atoms with E-state index >= 15 is 0 Å². The summed E-state index contributed by atoms with van der Waals surface area (Å²) in [7, 11) is 1.39. The van der Waals surface area contributed by atoms with Crippen molar-refractivity contribution in [3.63, 3.8) is 0 Å². The Kier molecular flexibility index (Phi) is 3.89. The van der Waals surface area contributed by atoms with Gasteiger partial charge in [-0.1, -0.05) is 20.3 Å². The van der Waals surface area contributed by atoms with Crippen molar-refractivity contribution in [1.29, 1.82) is 0 Å². The number of methoxy groups -OCH3 is 1. The molecule has 15 heavy (non-hydrogen) atoms. The Morgan fingerprint density at radius 3 is 2.73 bits per heavy atom. The van der Waals surface area contributed by atoms with Gasteiger partial charge in [-0.25, -0.2) is 0 Å². The zero-order valence-electron chi connectivity index (χ0n) is 9.84. The van der Waals surface area contributed by atoms with E-state index in [4.69, 9.17) is 0 Å². The fourth-order valence-corrected chi connectivity index (χ4v) is 2.28. The molecule has 86 valence electrons. The molecule has 0 unspecified atom stereocenters. The molecule has 0 spiro atoms. The Hall–Kier alpha value is -0.860.